The first-order valence-electron chi connectivity index (χ1n) is 7.84. The molecule has 0 bridgehead atoms. The molecule has 23 heavy (non-hydrogen) atoms. The first kappa shape index (κ1) is 16.0. The number of nitrogens with zero attached hydrogens (tertiary/aromatic N) is 2. The Labute approximate surface area is 134 Å². The van der Waals surface area contributed by atoms with Gasteiger partial charge in [0.25, 0.3) is 0 Å². The zero-order valence-corrected chi connectivity index (χ0v) is 13.2. The molecule has 0 radical (unpaired) electrons. The predicted octanol–water partition coefficient (Wildman–Crippen LogP) is 2.39. The van der Waals surface area contributed by atoms with E-state index in [2.05, 4.69) is 10.1 Å². The highest BCUT2D eigenvalue weighted by Crippen LogP contribution is 2.24. The number of ether oxygens (including phenoxy) is 1. The molecule has 0 saturated carbocycles. The maximum atomic E-state index is 12.9. The fourth-order valence-electron chi connectivity index (χ4n) is 2.76. The second kappa shape index (κ2) is 6.68. The van der Waals surface area contributed by atoms with E-state index in [1.54, 1.807) is 12.1 Å². The standard InChI is InChI=1S/C17H21FN2O3/c1-2-14-9-16(23-19-14)10-20-8-7-17(21,11-20)12-22-15-5-3-13(18)4-6-15/h3-6,9,21H,2,7-8,10-12H2,1H3/t17-/m0/s1. The maximum absolute atomic E-state index is 12.9. The number of aryl methyl sites for hydroxylation is 1. The van der Waals surface area contributed by atoms with Gasteiger partial charge in [0.2, 0.25) is 0 Å². The third-order valence-electron chi connectivity index (χ3n) is 4.08. The molecule has 1 aliphatic heterocycles. The lowest BCUT2D eigenvalue weighted by Crippen LogP contribution is -2.39. The summed E-state index contributed by atoms with van der Waals surface area (Å²) in [4.78, 5) is 2.12. The van der Waals surface area contributed by atoms with Gasteiger partial charge in [0, 0.05) is 19.2 Å². The fraction of sp³-hybridized carbons (Fsp3) is 0.471. The molecule has 1 saturated heterocycles. The number of halogens is 1. The number of aliphatic hydroxyl groups is 1. The zero-order valence-electron chi connectivity index (χ0n) is 13.2. The van der Waals surface area contributed by atoms with Gasteiger partial charge in [0.1, 0.15) is 23.8 Å². The Bertz CT molecular complexity index is 644. The van der Waals surface area contributed by atoms with Crippen molar-refractivity contribution in [2.24, 2.45) is 0 Å². The van der Waals surface area contributed by atoms with E-state index in [-0.39, 0.29) is 12.4 Å². The number of aromatic nitrogens is 1. The van der Waals surface area contributed by atoms with E-state index in [4.69, 9.17) is 9.26 Å². The molecule has 1 aromatic heterocycles. The van der Waals surface area contributed by atoms with E-state index >= 15 is 0 Å². The molecule has 0 aliphatic carbocycles. The zero-order chi connectivity index (χ0) is 16.3. The molecule has 0 unspecified atom stereocenters. The number of rotatable bonds is 6. The third kappa shape index (κ3) is 4.09. The molecule has 2 aromatic rings. The molecule has 6 heteroatoms. The highest BCUT2D eigenvalue weighted by molar-refractivity contribution is 5.22. The molecule has 2 heterocycles. The van der Waals surface area contributed by atoms with Crippen molar-refractivity contribution in [3.05, 3.63) is 47.6 Å². The second-order valence-corrected chi connectivity index (χ2v) is 6.07. The van der Waals surface area contributed by atoms with Crippen LogP contribution in [-0.4, -0.2) is 40.5 Å². The van der Waals surface area contributed by atoms with Crippen molar-refractivity contribution in [2.75, 3.05) is 19.7 Å². The second-order valence-electron chi connectivity index (χ2n) is 6.07. The number of benzene rings is 1. The van der Waals surface area contributed by atoms with Crippen molar-refractivity contribution in [3.8, 4) is 5.75 Å². The van der Waals surface area contributed by atoms with E-state index in [0.717, 1.165) is 24.4 Å². The minimum atomic E-state index is -0.901. The Hall–Kier alpha value is -1.92. The minimum Gasteiger partial charge on any atom is -0.491 e. The molecular weight excluding hydrogens is 299 g/mol. The van der Waals surface area contributed by atoms with Crippen molar-refractivity contribution in [2.45, 2.75) is 31.9 Å². The lowest BCUT2D eigenvalue weighted by Gasteiger charge is -2.23. The minimum absolute atomic E-state index is 0.186. The Balaban J connectivity index is 1.51. The Morgan fingerprint density at radius 3 is 2.87 bits per heavy atom. The molecule has 3 rings (SSSR count). The van der Waals surface area contributed by atoms with Gasteiger partial charge in [-0.15, -0.1) is 0 Å². The predicted molar refractivity (Wildman–Crippen MR) is 82.6 cm³/mol. The molecule has 124 valence electrons. The topological polar surface area (TPSA) is 58.7 Å². The average Bonchev–Trinajstić information content (AvgIpc) is 3.14. The van der Waals surface area contributed by atoms with Crippen LogP contribution in [0.2, 0.25) is 0 Å². The number of hydrogen-bond acceptors (Lipinski definition) is 5. The van der Waals surface area contributed by atoms with E-state index in [1.165, 1.54) is 12.1 Å². The molecule has 0 amide bonds. The molecule has 1 aliphatic rings. The van der Waals surface area contributed by atoms with Gasteiger partial charge in [-0.3, -0.25) is 4.90 Å². The van der Waals surface area contributed by atoms with Crippen LogP contribution in [0.5, 0.6) is 5.75 Å². The highest BCUT2D eigenvalue weighted by Gasteiger charge is 2.37. The van der Waals surface area contributed by atoms with Crippen molar-refractivity contribution >= 4 is 0 Å². The molecule has 1 fully saturated rings. The van der Waals surface area contributed by atoms with Crippen LogP contribution in [0.25, 0.3) is 0 Å². The van der Waals surface area contributed by atoms with Crippen molar-refractivity contribution in [1.29, 1.82) is 0 Å². The van der Waals surface area contributed by atoms with Crippen LogP contribution in [0.15, 0.2) is 34.9 Å². The molecule has 5 nitrogen and oxygen atoms in total. The summed E-state index contributed by atoms with van der Waals surface area (Å²) in [6.45, 7) is 4.13. The summed E-state index contributed by atoms with van der Waals surface area (Å²) in [6.07, 6.45) is 1.47. The summed E-state index contributed by atoms with van der Waals surface area (Å²) in [6, 6.07) is 7.76. The SMILES string of the molecule is CCc1cc(CN2CC[C@@](O)(COc3ccc(F)cc3)C2)on1. The maximum Gasteiger partial charge on any atom is 0.150 e. The van der Waals surface area contributed by atoms with Gasteiger partial charge in [-0.2, -0.15) is 0 Å². The van der Waals surface area contributed by atoms with Crippen LogP contribution in [-0.2, 0) is 13.0 Å². The number of β-amino-alcohol motifs (C(OH)–C–C–N with tert-alkyl or cyclic N) is 1. The smallest absolute Gasteiger partial charge is 0.150 e. The number of likely N-dealkylation sites (tertiary alicyclic amines) is 1. The summed E-state index contributed by atoms with van der Waals surface area (Å²) in [5.41, 5.74) is 0.0382. The van der Waals surface area contributed by atoms with Gasteiger partial charge in [-0.25, -0.2) is 4.39 Å². The van der Waals surface area contributed by atoms with E-state index in [1.807, 2.05) is 13.0 Å². The molecular formula is C17H21FN2O3. The summed E-state index contributed by atoms with van der Waals surface area (Å²) in [5, 5.41) is 14.6. The van der Waals surface area contributed by atoms with E-state index in [0.29, 0.717) is 25.3 Å². The van der Waals surface area contributed by atoms with Crippen LogP contribution in [0, 0.1) is 5.82 Å². The first-order chi connectivity index (χ1) is 11.1. The van der Waals surface area contributed by atoms with Gasteiger partial charge < -0.3 is 14.4 Å². The Morgan fingerprint density at radius 1 is 1.39 bits per heavy atom. The van der Waals surface area contributed by atoms with Crippen molar-refractivity contribution in [3.63, 3.8) is 0 Å². The lowest BCUT2D eigenvalue weighted by molar-refractivity contribution is 0.00284. The van der Waals surface area contributed by atoms with Crippen LogP contribution in [0.4, 0.5) is 4.39 Å². The number of hydrogen-bond donors (Lipinski definition) is 1. The van der Waals surface area contributed by atoms with Gasteiger partial charge in [0.05, 0.1) is 12.2 Å². The molecule has 0 spiro atoms. The van der Waals surface area contributed by atoms with Crippen molar-refractivity contribution in [1.82, 2.24) is 10.1 Å². The first-order valence-corrected chi connectivity index (χ1v) is 7.84. The molecule has 1 atom stereocenters. The van der Waals surface area contributed by atoms with Crippen LogP contribution in [0.3, 0.4) is 0 Å². The monoisotopic (exact) mass is 320 g/mol. The van der Waals surface area contributed by atoms with E-state index in [9.17, 15) is 9.50 Å². The summed E-state index contributed by atoms with van der Waals surface area (Å²) >= 11 is 0. The van der Waals surface area contributed by atoms with E-state index < -0.39 is 5.60 Å². The van der Waals surface area contributed by atoms with Gasteiger partial charge in [-0.1, -0.05) is 12.1 Å². The van der Waals surface area contributed by atoms with Crippen molar-refractivity contribution < 1.29 is 18.8 Å². The largest absolute Gasteiger partial charge is 0.491 e. The van der Waals surface area contributed by atoms with Crippen LogP contribution >= 0.6 is 0 Å². The third-order valence-corrected chi connectivity index (χ3v) is 4.08. The summed E-state index contributed by atoms with van der Waals surface area (Å²) in [5.74, 6) is 1.06. The van der Waals surface area contributed by atoms with Gasteiger partial charge in [-0.05, 0) is 37.1 Å². The Morgan fingerprint density at radius 2 is 2.17 bits per heavy atom. The highest BCUT2D eigenvalue weighted by atomic mass is 19.1. The normalized spacial score (nSPS) is 21.7. The molecule has 1 N–H and O–H groups in total. The Kier molecular flexibility index (Phi) is 4.63. The summed E-state index contributed by atoms with van der Waals surface area (Å²) in [7, 11) is 0. The molecule has 1 aromatic carbocycles. The van der Waals surface area contributed by atoms with Gasteiger partial charge in [0.15, 0.2) is 5.76 Å². The average molecular weight is 320 g/mol. The van der Waals surface area contributed by atoms with Gasteiger partial charge >= 0.3 is 0 Å². The summed E-state index contributed by atoms with van der Waals surface area (Å²) < 4.78 is 23.7. The quantitative estimate of drug-likeness (QED) is 0.885. The van der Waals surface area contributed by atoms with Crippen LogP contribution < -0.4 is 4.74 Å². The lowest BCUT2D eigenvalue weighted by atomic mass is 10.1. The van der Waals surface area contributed by atoms with Crippen LogP contribution in [0.1, 0.15) is 24.8 Å². The fourth-order valence-corrected chi connectivity index (χ4v) is 2.76.